The van der Waals surface area contributed by atoms with Crippen molar-refractivity contribution in [3.8, 4) is 22.9 Å². The van der Waals surface area contributed by atoms with Crippen LogP contribution in [0.5, 0.6) is 5.75 Å². The molecule has 2 aromatic rings. The van der Waals surface area contributed by atoms with Crippen molar-refractivity contribution < 1.29 is 14.4 Å². The third kappa shape index (κ3) is 6.58. The Balaban J connectivity index is 1.85. The van der Waals surface area contributed by atoms with Crippen LogP contribution in [0.4, 0.5) is 0 Å². The Bertz CT molecular complexity index is 771. The molecular formula is C21H24N2O3. The molecule has 5 heteroatoms. The van der Waals surface area contributed by atoms with Gasteiger partial charge >= 0.3 is 0 Å². The number of nitriles is 1. The first-order valence-corrected chi connectivity index (χ1v) is 8.53. The van der Waals surface area contributed by atoms with E-state index in [2.05, 4.69) is 11.5 Å². The van der Waals surface area contributed by atoms with Gasteiger partial charge in [0.05, 0.1) is 31.1 Å². The second-order valence-corrected chi connectivity index (χ2v) is 6.90. The van der Waals surface area contributed by atoms with Gasteiger partial charge < -0.3 is 4.74 Å². The van der Waals surface area contributed by atoms with E-state index in [1.807, 2.05) is 69.3 Å². The van der Waals surface area contributed by atoms with Gasteiger partial charge in [-0.25, -0.2) is 5.48 Å². The van der Waals surface area contributed by atoms with Crippen LogP contribution in [0.3, 0.4) is 0 Å². The average molecular weight is 352 g/mol. The fourth-order valence-corrected chi connectivity index (χ4v) is 2.22. The van der Waals surface area contributed by atoms with E-state index in [4.69, 9.17) is 14.8 Å². The van der Waals surface area contributed by atoms with Gasteiger partial charge in [-0.1, -0.05) is 36.4 Å². The molecule has 0 spiro atoms. The molecule has 5 nitrogen and oxygen atoms in total. The fourth-order valence-electron chi connectivity index (χ4n) is 2.22. The number of hydroxylamine groups is 1. The number of benzene rings is 2. The Labute approximate surface area is 154 Å². The third-order valence-corrected chi connectivity index (χ3v) is 3.47. The quantitative estimate of drug-likeness (QED) is 0.764. The highest BCUT2D eigenvalue weighted by Gasteiger charge is 2.12. The van der Waals surface area contributed by atoms with Crippen molar-refractivity contribution in [1.29, 1.82) is 5.26 Å². The molecule has 0 saturated heterocycles. The number of amides is 1. The lowest BCUT2D eigenvalue weighted by molar-refractivity contribution is -0.146. The van der Waals surface area contributed by atoms with E-state index in [-0.39, 0.29) is 18.9 Å². The first-order chi connectivity index (χ1) is 12.4. The molecular weight excluding hydrogens is 328 g/mol. The molecule has 0 atom stereocenters. The summed E-state index contributed by atoms with van der Waals surface area (Å²) in [6, 6.07) is 17.7. The summed E-state index contributed by atoms with van der Waals surface area (Å²) in [5, 5.41) is 8.81. The lowest BCUT2D eigenvalue weighted by Gasteiger charge is -2.18. The molecule has 2 rings (SSSR count). The zero-order chi connectivity index (χ0) is 19.0. The molecule has 136 valence electrons. The highest BCUT2D eigenvalue weighted by atomic mass is 16.7. The second kappa shape index (κ2) is 9.02. The Morgan fingerprint density at radius 3 is 2.50 bits per heavy atom. The molecule has 0 heterocycles. The van der Waals surface area contributed by atoms with Gasteiger partial charge in [-0.2, -0.15) is 5.26 Å². The highest BCUT2D eigenvalue weighted by molar-refractivity contribution is 5.74. The summed E-state index contributed by atoms with van der Waals surface area (Å²) in [6.07, 6.45) is 0.615. The Hall–Kier alpha value is -2.84. The van der Waals surface area contributed by atoms with Gasteiger partial charge in [-0.15, -0.1) is 0 Å². The molecule has 0 aliphatic carbocycles. The van der Waals surface area contributed by atoms with Crippen molar-refractivity contribution in [2.24, 2.45) is 0 Å². The number of hydrogen-bond donors (Lipinski definition) is 1. The smallest absolute Gasteiger partial charge is 0.246 e. The fraction of sp³-hybridized carbons (Fsp3) is 0.333. The summed E-state index contributed by atoms with van der Waals surface area (Å²) in [5.74, 6) is 0.484. The molecule has 1 amide bonds. The monoisotopic (exact) mass is 352 g/mol. The van der Waals surface area contributed by atoms with E-state index >= 15 is 0 Å². The SMILES string of the molecule is CC(C)(C)ONC(=O)CCOc1ccc(-c2cccc(CC#N)c2)cc1. The van der Waals surface area contributed by atoms with Crippen LogP contribution in [0, 0.1) is 11.3 Å². The number of carbonyl (C=O) groups is 1. The minimum absolute atomic E-state index is 0.216. The maximum Gasteiger partial charge on any atom is 0.246 e. The largest absolute Gasteiger partial charge is 0.493 e. The molecule has 0 radical (unpaired) electrons. The predicted octanol–water partition coefficient (Wildman–Crippen LogP) is 4.03. The molecule has 2 aromatic carbocycles. The van der Waals surface area contributed by atoms with Gasteiger partial charge in [-0.3, -0.25) is 9.63 Å². The van der Waals surface area contributed by atoms with Crippen molar-refractivity contribution in [2.75, 3.05) is 6.61 Å². The van der Waals surface area contributed by atoms with Gasteiger partial charge in [0.2, 0.25) is 5.91 Å². The number of carbonyl (C=O) groups excluding carboxylic acids is 1. The molecule has 0 unspecified atom stereocenters. The Morgan fingerprint density at radius 1 is 1.12 bits per heavy atom. The number of rotatable bonds is 7. The lowest BCUT2D eigenvalue weighted by atomic mass is 10.0. The third-order valence-electron chi connectivity index (χ3n) is 3.47. The number of nitrogens with zero attached hydrogens (tertiary/aromatic N) is 1. The van der Waals surface area contributed by atoms with Gasteiger partial charge in [0.1, 0.15) is 5.75 Å². The van der Waals surface area contributed by atoms with Gasteiger partial charge in [0.15, 0.2) is 0 Å². The van der Waals surface area contributed by atoms with Crippen LogP contribution >= 0.6 is 0 Å². The molecule has 0 aliphatic heterocycles. The van der Waals surface area contributed by atoms with E-state index in [1.165, 1.54) is 0 Å². The summed E-state index contributed by atoms with van der Waals surface area (Å²) in [6.45, 7) is 5.86. The van der Waals surface area contributed by atoms with Crippen molar-refractivity contribution in [1.82, 2.24) is 5.48 Å². The van der Waals surface area contributed by atoms with Crippen LogP contribution in [0.25, 0.3) is 11.1 Å². The normalized spacial score (nSPS) is 10.8. The molecule has 0 aromatic heterocycles. The second-order valence-electron chi connectivity index (χ2n) is 6.90. The summed E-state index contributed by atoms with van der Waals surface area (Å²) >= 11 is 0. The summed E-state index contributed by atoms with van der Waals surface area (Å²) in [4.78, 5) is 16.9. The number of nitrogens with one attached hydrogen (secondary N) is 1. The van der Waals surface area contributed by atoms with Crippen LogP contribution in [-0.4, -0.2) is 18.1 Å². The van der Waals surface area contributed by atoms with E-state index in [0.717, 1.165) is 16.7 Å². The molecule has 26 heavy (non-hydrogen) atoms. The first-order valence-electron chi connectivity index (χ1n) is 8.53. The molecule has 1 N–H and O–H groups in total. The predicted molar refractivity (Wildman–Crippen MR) is 100 cm³/mol. The minimum atomic E-state index is -0.420. The average Bonchev–Trinajstić information content (AvgIpc) is 2.61. The zero-order valence-corrected chi connectivity index (χ0v) is 15.4. The molecule has 0 fully saturated rings. The zero-order valence-electron chi connectivity index (χ0n) is 15.4. The number of ether oxygens (including phenoxy) is 1. The minimum Gasteiger partial charge on any atom is -0.493 e. The highest BCUT2D eigenvalue weighted by Crippen LogP contribution is 2.23. The summed E-state index contributed by atoms with van der Waals surface area (Å²) in [5.41, 5.74) is 5.10. The van der Waals surface area contributed by atoms with Crippen LogP contribution in [0.15, 0.2) is 48.5 Å². The maximum atomic E-state index is 11.7. The molecule has 0 aliphatic rings. The van der Waals surface area contributed by atoms with Crippen LogP contribution in [0.1, 0.15) is 32.8 Å². The lowest BCUT2D eigenvalue weighted by Crippen LogP contribution is -2.34. The maximum absolute atomic E-state index is 11.7. The summed E-state index contributed by atoms with van der Waals surface area (Å²) < 4.78 is 5.60. The summed E-state index contributed by atoms with van der Waals surface area (Å²) in [7, 11) is 0. The Kier molecular flexibility index (Phi) is 6.76. The van der Waals surface area contributed by atoms with Crippen LogP contribution in [0.2, 0.25) is 0 Å². The van der Waals surface area contributed by atoms with Crippen molar-refractivity contribution >= 4 is 5.91 Å². The first kappa shape index (κ1) is 19.5. The van der Waals surface area contributed by atoms with Gasteiger partial charge in [-0.05, 0) is 49.6 Å². The molecule has 0 bridgehead atoms. The van der Waals surface area contributed by atoms with Crippen molar-refractivity contribution in [2.45, 2.75) is 39.2 Å². The van der Waals surface area contributed by atoms with Crippen LogP contribution < -0.4 is 10.2 Å². The standard InChI is InChI=1S/C21H24N2O3/c1-21(2,3)26-23-20(24)12-14-25-19-9-7-17(8-10-19)18-6-4-5-16(15-18)11-13-22/h4-10,15H,11-12,14H2,1-3H3,(H,23,24). The number of hydrogen-bond acceptors (Lipinski definition) is 4. The van der Waals surface area contributed by atoms with Gasteiger partial charge in [0, 0.05) is 0 Å². The van der Waals surface area contributed by atoms with Crippen molar-refractivity contribution in [3.63, 3.8) is 0 Å². The van der Waals surface area contributed by atoms with E-state index in [9.17, 15) is 4.79 Å². The van der Waals surface area contributed by atoms with E-state index < -0.39 is 5.60 Å². The van der Waals surface area contributed by atoms with Gasteiger partial charge in [0.25, 0.3) is 0 Å². The van der Waals surface area contributed by atoms with E-state index in [0.29, 0.717) is 12.2 Å². The Morgan fingerprint density at radius 2 is 1.85 bits per heavy atom. The van der Waals surface area contributed by atoms with E-state index in [1.54, 1.807) is 0 Å². The van der Waals surface area contributed by atoms with Crippen LogP contribution in [-0.2, 0) is 16.1 Å². The van der Waals surface area contributed by atoms with Crippen molar-refractivity contribution in [3.05, 3.63) is 54.1 Å². The topological polar surface area (TPSA) is 71.3 Å². The molecule has 0 saturated carbocycles.